The number of carboxylic acid groups (broad SMARTS) is 1. The fourth-order valence-electron chi connectivity index (χ4n) is 2.44. The molecule has 0 spiro atoms. The number of hydrogen-bond acceptors (Lipinski definition) is 3. The van der Waals surface area contributed by atoms with Crippen molar-refractivity contribution < 1.29 is 32.6 Å². The van der Waals surface area contributed by atoms with Crippen LogP contribution in [0.3, 0.4) is 0 Å². The van der Waals surface area contributed by atoms with E-state index in [1.165, 1.54) is 12.2 Å². The van der Waals surface area contributed by atoms with Gasteiger partial charge >= 0.3 is 12.3 Å². The van der Waals surface area contributed by atoms with Crippen LogP contribution in [0.2, 0.25) is 0 Å². The molecule has 1 unspecified atom stereocenters. The lowest BCUT2D eigenvalue weighted by molar-refractivity contribution is -0.351. The smallest absolute Gasteiger partial charge is 0.481 e. The molecule has 1 aromatic carbocycles. The molecule has 1 aliphatic rings. The highest BCUT2D eigenvalue weighted by atomic mass is 19.4. The molecule has 0 fully saturated rings. The average Bonchev–Trinajstić information content (AvgIpc) is 2.52. The Labute approximate surface area is 136 Å². The molecule has 24 heavy (non-hydrogen) atoms. The fourth-order valence-corrected chi connectivity index (χ4v) is 2.44. The summed E-state index contributed by atoms with van der Waals surface area (Å²) in [5, 5.41) is 8.62. The molecule has 128 valence electrons. The van der Waals surface area contributed by atoms with E-state index in [4.69, 9.17) is 5.11 Å². The van der Waals surface area contributed by atoms with Gasteiger partial charge in [-0.1, -0.05) is 42.5 Å². The summed E-state index contributed by atoms with van der Waals surface area (Å²) < 4.78 is 42.2. The van der Waals surface area contributed by atoms with Crippen molar-refractivity contribution in [3.8, 4) is 0 Å². The molecule has 4 nitrogen and oxygen atoms in total. The lowest BCUT2D eigenvalue weighted by Crippen LogP contribution is -2.44. The van der Waals surface area contributed by atoms with Crippen LogP contribution in [-0.2, 0) is 14.3 Å². The third-order valence-corrected chi connectivity index (χ3v) is 3.60. The van der Waals surface area contributed by atoms with Crippen LogP contribution in [0.1, 0.15) is 24.8 Å². The number of hydrogen-bond donors (Lipinski definition) is 1. The molecule has 0 heterocycles. The maximum absolute atomic E-state index is 12.7. The van der Waals surface area contributed by atoms with Gasteiger partial charge in [0.1, 0.15) is 0 Å². The van der Waals surface area contributed by atoms with Crippen LogP contribution < -0.4 is 0 Å². The van der Waals surface area contributed by atoms with Gasteiger partial charge in [-0.05, 0) is 17.2 Å². The molecular formula is C17H15F3O4. The van der Waals surface area contributed by atoms with Crippen molar-refractivity contribution in [3.05, 3.63) is 54.1 Å². The first kappa shape index (κ1) is 17.9. The van der Waals surface area contributed by atoms with Crippen molar-refractivity contribution in [1.29, 1.82) is 0 Å². The van der Waals surface area contributed by atoms with Gasteiger partial charge in [-0.15, -0.1) is 13.2 Å². The van der Waals surface area contributed by atoms with Gasteiger partial charge in [-0.25, -0.2) is 0 Å². The van der Waals surface area contributed by atoms with Crippen LogP contribution in [0, 0.1) is 0 Å². The van der Waals surface area contributed by atoms with E-state index in [9.17, 15) is 22.8 Å². The minimum absolute atomic E-state index is 0.314. The first-order valence-corrected chi connectivity index (χ1v) is 7.19. The number of ketones is 1. The summed E-state index contributed by atoms with van der Waals surface area (Å²) in [5.74, 6) is -2.17. The number of alkyl halides is 3. The van der Waals surface area contributed by atoms with E-state index in [0.29, 0.717) is 5.57 Å². The zero-order valence-corrected chi connectivity index (χ0v) is 12.5. The fraction of sp³-hybridized carbons (Fsp3) is 0.294. The first-order valence-electron chi connectivity index (χ1n) is 7.19. The molecule has 0 aliphatic heterocycles. The van der Waals surface area contributed by atoms with Gasteiger partial charge < -0.3 is 5.11 Å². The predicted molar refractivity (Wildman–Crippen MR) is 79.9 cm³/mol. The number of rotatable bonds is 6. The van der Waals surface area contributed by atoms with Gasteiger partial charge in [0.05, 0.1) is 6.42 Å². The standard InChI is InChI=1S/C17H15F3O4/c18-17(19,20)24-16(14(21)6-7-15(22)23)10-8-13(9-11-16)12-4-2-1-3-5-12/h1-5,8-10H,6-7,11H2,(H,22,23). The lowest BCUT2D eigenvalue weighted by Gasteiger charge is -2.31. The molecule has 0 aromatic heterocycles. The number of allylic oxidation sites excluding steroid dienone is 2. The number of carboxylic acids is 1. The Morgan fingerprint density at radius 2 is 1.83 bits per heavy atom. The minimum Gasteiger partial charge on any atom is -0.481 e. The monoisotopic (exact) mass is 340 g/mol. The Balaban J connectivity index is 2.24. The zero-order valence-electron chi connectivity index (χ0n) is 12.5. The van der Waals surface area contributed by atoms with E-state index < -0.39 is 36.6 Å². The average molecular weight is 340 g/mol. The van der Waals surface area contributed by atoms with E-state index >= 15 is 0 Å². The van der Waals surface area contributed by atoms with Crippen molar-refractivity contribution in [2.24, 2.45) is 0 Å². The van der Waals surface area contributed by atoms with Crippen LogP contribution in [0.4, 0.5) is 13.2 Å². The van der Waals surface area contributed by atoms with Gasteiger partial charge in [0.2, 0.25) is 0 Å². The van der Waals surface area contributed by atoms with Gasteiger partial charge in [-0.3, -0.25) is 14.3 Å². The van der Waals surface area contributed by atoms with Crippen molar-refractivity contribution in [3.63, 3.8) is 0 Å². The molecule has 0 saturated heterocycles. The van der Waals surface area contributed by atoms with Crippen LogP contribution in [0.5, 0.6) is 0 Å². The second-order valence-electron chi connectivity index (χ2n) is 5.32. The van der Waals surface area contributed by atoms with Crippen LogP contribution in [0.25, 0.3) is 5.57 Å². The van der Waals surface area contributed by atoms with Gasteiger partial charge in [-0.2, -0.15) is 0 Å². The van der Waals surface area contributed by atoms with E-state index in [2.05, 4.69) is 4.74 Å². The summed E-state index contributed by atoms with van der Waals surface area (Å²) in [6.07, 6.45) is -2.47. The van der Waals surface area contributed by atoms with E-state index in [-0.39, 0.29) is 6.42 Å². The molecule has 1 atom stereocenters. The molecule has 0 bridgehead atoms. The number of halogens is 3. The number of ether oxygens (including phenoxy) is 1. The summed E-state index contributed by atoms with van der Waals surface area (Å²) in [6.45, 7) is 0. The van der Waals surface area contributed by atoms with E-state index in [1.54, 1.807) is 24.3 Å². The molecule has 1 N–H and O–H groups in total. The topological polar surface area (TPSA) is 63.6 Å². The Hall–Kier alpha value is -2.41. The highest BCUT2D eigenvalue weighted by Crippen LogP contribution is 2.36. The second-order valence-corrected chi connectivity index (χ2v) is 5.32. The van der Waals surface area contributed by atoms with Crippen LogP contribution >= 0.6 is 0 Å². The number of aliphatic carboxylic acids is 1. The SMILES string of the molecule is O=C(O)CCC(=O)C1(OC(F)(F)F)C=CC(c2ccccc2)=CC1. The van der Waals surface area contributed by atoms with E-state index in [0.717, 1.165) is 11.6 Å². The van der Waals surface area contributed by atoms with Crippen LogP contribution in [-0.4, -0.2) is 28.8 Å². The minimum atomic E-state index is -5.01. The van der Waals surface area contributed by atoms with Crippen molar-refractivity contribution >= 4 is 17.3 Å². The third kappa shape index (κ3) is 4.55. The molecule has 0 radical (unpaired) electrons. The normalized spacial score (nSPS) is 20.5. The summed E-state index contributed by atoms with van der Waals surface area (Å²) in [6, 6.07) is 8.97. The summed E-state index contributed by atoms with van der Waals surface area (Å²) >= 11 is 0. The maximum Gasteiger partial charge on any atom is 0.523 e. The number of Topliss-reactive ketones (excluding diaryl/α,β-unsaturated/α-hetero) is 1. The number of carbonyl (C=O) groups is 2. The molecule has 0 amide bonds. The number of carbonyl (C=O) groups excluding carboxylic acids is 1. The Kier molecular flexibility index (Phi) is 5.23. The zero-order chi connectivity index (χ0) is 17.8. The molecule has 1 aliphatic carbocycles. The Bertz CT molecular complexity index is 677. The van der Waals surface area contributed by atoms with Crippen molar-refractivity contribution in [2.45, 2.75) is 31.2 Å². The predicted octanol–water partition coefficient (Wildman–Crippen LogP) is 3.74. The summed E-state index contributed by atoms with van der Waals surface area (Å²) in [4.78, 5) is 22.7. The second kappa shape index (κ2) is 7.00. The highest BCUT2D eigenvalue weighted by Gasteiger charge is 2.47. The highest BCUT2D eigenvalue weighted by molar-refractivity contribution is 5.93. The van der Waals surface area contributed by atoms with E-state index in [1.807, 2.05) is 6.07 Å². The molecule has 0 saturated carbocycles. The first-order chi connectivity index (χ1) is 11.2. The number of benzene rings is 1. The summed E-state index contributed by atoms with van der Waals surface area (Å²) in [5.41, 5.74) is -0.748. The largest absolute Gasteiger partial charge is 0.523 e. The molecule has 1 aromatic rings. The quantitative estimate of drug-likeness (QED) is 0.857. The van der Waals surface area contributed by atoms with Crippen molar-refractivity contribution in [2.75, 3.05) is 0 Å². The molecular weight excluding hydrogens is 325 g/mol. The van der Waals surface area contributed by atoms with Gasteiger partial charge in [0.25, 0.3) is 0 Å². The third-order valence-electron chi connectivity index (χ3n) is 3.60. The lowest BCUT2D eigenvalue weighted by atomic mass is 9.84. The molecule has 2 rings (SSSR count). The Morgan fingerprint density at radius 1 is 1.17 bits per heavy atom. The van der Waals surface area contributed by atoms with Gasteiger partial charge in [0, 0.05) is 12.8 Å². The Morgan fingerprint density at radius 3 is 2.33 bits per heavy atom. The van der Waals surface area contributed by atoms with Crippen LogP contribution in [0.15, 0.2) is 48.6 Å². The van der Waals surface area contributed by atoms with Crippen molar-refractivity contribution in [1.82, 2.24) is 0 Å². The molecule has 7 heteroatoms. The van der Waals surface area contributed by atoms with Gasteiger partial charge in [0.15, 0.2) is 11.4 Å². The summed E-state index contributed by atoms with van der Waals surface area (Å²) in [7, 11) is 0. The maximum atomic E-state index is 12.7.